The maximum absolute atomic E-state index is 14.7. The molecule has 0 spiro atoms. The lowest BCUT2D eigenvalue weighted by Gasteiger charge is -2.32. The number of aromatic nitrogens is 2. The number of hydrogen-bond acceptors (Lipinski definition) is 7. The van der Waals surface area contributed by atoms with Gasteiger partial charge in [-0.1, -0.05) is 0 Å². The van der Waals surface area contributed by atoms with Crippen LogP contribution in [0.4, 0.5) is 13.6 Å². The molecule has 1 saturated heterocycles. The minimum Gasteiger partial charge on any atom is -0.487 e. The number of halogens is 2. The molecule has 1 aromatic heterocycles. The Kier molecular flexibility index (Phi) is 7.46. The van der Waals surface area contributed by atoms with Crippen molar-refractivity contribution in [3.05, 3.63) is 42.0 Å². The van der Waals surface area contributed by atoms with Crippen molar-refractivity contribution in [2.24, 2.45) is 5.92 Å². The predicted molar refractivity (Wildman–Crippen MR) is 124 cm³/mol. The molecule has 2 aromatic rings. The fourth-order valence-corrected chi connectivity index (χ4v) is 3.78. The number of hydrogen-bond donors (Lipinski definition) is 1. The zero-order valence-electron chi connectivity index (χ0n) is 20.2. The van der Waals surface area contributed by atoms with Gasteiger partial charge in [-0.25, -0.2) is 23.5 Å². The average Bonchev–Trinajstić information content (AvgIpc) is 3.58. The van der Waals surface area contributed by atoms with Crippen LogP contribution < -0.4 is 10.1 Å². The van der Waals surface area contributed by atoms with Gasteiger partial charge in [0.2, 0.25) is 5.82 Å². The second kappa shape index (κ2) is 10.5. The first-order valence-electron chi connectivity index (χ1n) is 11.8. The molecule has 9 nitrogen and oxygen atoms in total. The van der Waals surface area contributed by atoms with Gasteiger partial charge in [0, 0.05) is 31.0 Å². The van der Waals surface area contributed by atoms with E-state index in [0.29, 0.717) is 31.5 Å². The van der Waals surface area contributed by atoms with Gasteiger partial charge in [-0.05, 0) is 63.1 Å². The molecule has 0 radical (unpaired) electrons. The lowest BCUT2D eigenvalue weighted by Crippen LogP contribution is -2.41. The van der Waals surface area contributed by atoms with Crippen LogP contribution in [-0.2, 0) is 9.53 Å². The van der Waals surface area contributed by atoms with Gasteiger partial charge in [-0.3, -0.25) is 9.59 Å². The lowest BCUT2D eigenvalue weighted by molar-refractivity contribution is -0.116. The maximum Gasteiger partial charge on any atom is 0.410 e. The smallest absolute Gasteiger partial charge is 0.410 e. The molecule has 2 amide bonds. The molecular weight excluding hydrogens is 474 g/mol. The third-order valence-corrected chi connectivity index (χ3v) is 6.31. The van der Waals surface area contributed by atoms with Gasteiger partial charge < -0.3 is 19.7 Å². The summed E-state index contributed by atoms with van der Waals surface area (Å²) in [5.74, 6) is -3.16. The molecule has 1 aliphatic heterocycles. The number of nitrogens with zero attached hydrogens (tertiary/aromatic N) is 3. The first-order valence-corrected chi connectivity index (χ1v) is 11.8. The van der Waals surface area contributed by atoms with E-state index in [1.807, 2.05) is 6.92 Å². The van der Waals surface area contributed by atoms with Crippen molar-refractivity contribution in [3.8, 4) is 16.9 Å². The van der Waals surface area contributed by atoms with E-state index in [0.717, 1.165) is 25.0 Å². The molecule has 2 heterocycles. The molecule has 1 N–H and O–H groups in total. The Hall–Kier alpha value is -3.63. The number of nitrogens with one attached hydrogen (secondary N) is 1. The zero-order valence-corrected chi connectivity index (χ0v) is 20.2. The molecule has 11 heteroatoms. The number of likely N-dealkylation sites (tertiary alicyclic amines) is 1. The summed E-state index contributed by atoms with van der Waals surface area (Å²) in [6, 6.07) is 2.23. The van der Waals surface area contributed by atoms with E-state index in [-0.39, 0.29) is 47.9 Å². The first-order chi connectivity index (χ1) is 17.1. The summed E-state index contributed by atoms with van der Waals surface area (Å²) in [4.78, 5) is 44.6. The number of carbonyl (C=O) groups excluding carboxylic acids is 3. The Labute approximate surface area is 207 Å². The Morgan fingerprint density at radius 1 is 1.08 bits per heavy atom. The molecule has 0 atom stereocenters. The predicted octanol–water partition coefficient (Wildman–Crippen LogP) is 3.52. The number of piperidine rings is 1. The van der Waals surface area contributed by atoms with Crippen LogP contribution in [0.3, 0.4) is 0 Å². The van der Waals surface area contributed by atoms with Crippen molar-refractivity contribution in [2.75, 3.05) is 26.2 Å². The molecular formula is C25H28F2N4O5. The summed E-state index contributed by atoms with van der Waals surface area (Å²) in [5, 5.41) is 2.37. The molecule has 2 aliphatic rings. The second-order valence-electron chi connectivity index (χ2n) is 9.51. The molecule has 0 bridgehead atoms. The Morgan fingerprint density at radius 3 is 2.25 bits per heavy atom. The molecule has 0 unspecified atom stereocenters. The Balaban J connectivity index is 1.31. The molecule has 1 aliphatic carbocycles. The highest BCUT2D eigenvalue weighted by Gasteiger charge is 2.43. The van der Waals surface area contributed by atoms with Crippen molar-refractivity contribution in [3.63, 3.8) is 0 Å². The Bertz CT molecular complexity index is 1120. The number of rotatable bonds is 8. The SMILES string of the molecule is CC(=O)CNC(=O)c1ncc(-c2cc(F)c(OCC3CCN(C(=O)OC4(C)CC4)CC3)c(F)c2)cn1. The van der Waals surface area contributed by atoms with Crippen LogP contribution in [0.2, 0.25) is 0 Å². The Morgan fingerprint density at radius 2 is 1.69 bits per heavy atom. The summed E-state index contributed by atoms with van der Waals surface area (Å²) < 4.78 is 40.4. The number of carbonyl (C=O) groups is 3. The van der Waals surface area contributed by atoms with Gasteiger partial charge in [0.25, 0.3) is 5.91 Å². The van der Waals surface area contributed by atoms with E-state index in [9.17, 15) is 23.2 Å². The summed E-state index contributed by atoms with van der Waals surface area (Å²) in [5.41, 5.74) is 0.170. The largest absolute Gasteiger partial charge is 0.487 e. The molecule has 192 valence electrons. The van der Waals surface area contributed by atoms with Crippen LogP contribution in [0.15, 0.2) is 24.5 Å². The van der Waals surface area contributed by atoms with Crippen molar-refractivity contribution < 1.29 is 32.6 Å². The van der Waals surface area contributed by atoms with Crippen molar-refractivity contribution in [2.45, 2.75) is 45.1 Å². The molecule has 2 fully saturated rings. The molecule has 4 rings (SSSR count). The summed E-state index contributed by atoms with van der Waals surface area (Å²) in [6.45, 7) is 4.25. The van der Waals surface area contributed by atoms with Crippen LogP contribution >= 0.6 is 0 Å². The van der Waals surface area contributed by atoms with E-state index >= 15 is 0 Å². The fraction of sp³-hybridized carbons (Fsp3) is 0.480. The van der Waals surface area contributed by atoms with Crippen LogP contribution in [0, 0.1) is 17.6 Å². The van der Waals surface area contributed by atoms with Crippen LogP contribution in [0.5, 0.6) is 5.75 Å². The molecule has 36 heavy (non-hydrogen) atoms. The summed E-state index contributed by atoms with van der Waals surface area (Å²) in [7, 11) is 0. The van der Waals surface area contributed by atoms with E-state index in [2.05, 4.69) is 15.3 Å². The van der Waals surface area contributed by atoms with Gasteiger partial charge in [-0.2, -0.15) is 0 Å². The third-order valence-electron chi connectivity index (χ3n) is 6.31. The van der Waals surface area contributed by atoms with Gasteiger partial charge in [0.1, 0.15) is 11.4 Å². The lowest BCUT2D eigenvalue weighted by atomic mass is 9.98. The summed E-state index contributed by atoms with van der Waals surface area (Å²) in [6.07, 6.45) is 5.30. The van der Waals surface area contributed by atoms with E-state index < -0.39 is 23.3 Å². The van der Waals surface area contributed by atoms with Gasteiger partial charge in [0.15, 0.2) is 17.4 Å². The number of amides is 2. The maximum atomic E-state index is 14.7. The van der Waals surface area contributed by atoms with Crippen molar-refractivity contribution in [1.29, 1.82) is 0 Å². The number of ketones is 1. The van der Waals surface area contributed by atoms with Crippen molar-refractivity contribution in [1.82, 2.24) is 20.2 Å². The monoisotopic (exact) mass is 502 g/mol. The number of benzene rings is 1. The highest BCUT2D eigenvalue weighted by atomic mass is 19.1. The molecule has 1 aromatic carbocycles. The number of Topliss-reactive ketones (excluding diaryl/α,β-unsaturated/α-hetero) is 1. The van der Waals surface area contributed by atoms with E-state index in [4.69, 9.17) is 9.47 Å². The quantitative estimate of drug-likeness (QED) is 0.588. The minimum absolute atomic E-state index is 0.0548. The first kappa shape index (κ1) is 25.5. The third kappa shape index (κ3) is 6.32. The second-order valence-corrected chi connectivity index (χ2v) is 9.51. The minimum atomic E-state index is -0.869. The van der Waals surface area contributed by atoms with Gasteiger partial charge in [0.05, 0.1) is 13.2 Å². The topological polar surface area (TPSA) is 111 Å². The average molecular weight is 503 g/mol. The van der Waals surface area contributed by atoms with Gasteiger partial charge >= 0.3 is 6.09 Å². The van der Waals surface area contributed by atoms with Crippen LogP contribution in [0.1, 0.15) is 50.1 Å². The number of ether oxygens (including phenoxy) is 2. The highest BCUT2D eigenvalue weighted by Crippen LogP contribution is 2.39. The van der Waals surface area contributed by atoms with E-state index in [1.165, 1.54) is 19.3 Å². The van der Waals surface area contributed by atoms with Gasteiger partial charge in [-0.15, -0.1) is 0 Å². The molecule has 1 saturated carbocycles. The van der Waals surface area contributed by atoms with Crippen LogP contribution in [0.25, 0.3) is 11.1 Å². The van der Waals surface area contributed by atoms with Crippen LogP contribution in [-0.4, -0.2) is 64.5 Å². The zero-order chi connectivity index (χ0) is 25.9. The van der Waals surface area contributed by atoms with E-state index in [1.54, 1.807) is 4.90 Å². The standard InChI is InChI=1S/C25H28F2N4O5/c1-15(32)11-30-23(33)22-28-12-18(13-29-22)17-9-19(26)21(20(27)10-17)35-14-16-3-7-31(8-4-16)24(34)36-25(2)5-6-25/h9-10,12-13,16H,3-8,11,14H2,1-2H3,(H,30,33). The van der Waals surface area contributed by atoms with Crippen molar-refractivity contribution >= 4 is 17.8 Å². The summed E-state index contributed by atoms with van der Waals surface area (Å²) >= 11 is 0. The highest BCUT2D eigenvalue weighted by molar-refractivity contribution is 5.93. The normalized spacial score (nSPS) is 16.8. The fourth-order valence-electron chi connectivity index (χ4n) is 3.78.